The van der Waals surface area contributed by atoms with E-state index in [-0.39, 0.29) is 12.5 Å². The van der Waals surface area contributed by atoms with Crippen LogP contribution in [0, 0.1) is 0 Å². The maximum Gasteiger partial charge on any atom is 0.268 e. The van der Waals surface area contributed by atoms with Crippen molar-refractivity contribution in [1.82, 2.24) is 9.88 Å². The van der Waals surface area contributed by atoms with Gasteiger partial charge in [0.05, 0.1) is 12.1 Å². The van der Waals surface area contributed by atoms with Gasteiger partial charge in [0.25, 0.3) is 5.91 Å². The summed E-state index contributed by atoms with van der Waals surface area (Å²) in [5.41, 5.74) is 0.996. The molecule has 18 heavy (non-hydrogen) atoms. The Kier molecular flexibility index (Phi) is 3.13. The third kappa shape index (κ3) is 2.24. The molecule has 0 unspecified atom stereocenters. The van der Waals surface area contributed by atoms with Gasteiger partial charge in [-0.25, -0.2) is 0 Å². The molecule has 96 valence electrons. The van der Waals surface area contributed by atoms with Crippen molar-refractivity contribution in [1.29, 1.82) is 0 Å². The lowest BCUT2D eigenvalue weighted by Gasteiger charge is -2.23. The first-order valence-electron chi connectivity index (χ1n) is 5.92. The van der Waals surface area contributed by atoms with Crippen molar-refractivity contribution < 1.29 is 9.90 Å². The fraction of sp³-hybridized carbons (Fsp3) is 0.357. The van der Waals surface area contributed by atoms with Crippen LogP contribution >= 0.6 is 0 Å². The Labute approximate surface area is 106 Å². The van der Waals surface area contributed by atoms with Gasteiger partial charge in [-0.2, -0.15) is 0 Å². The first-order chi connectivity index (χ1) is 8.44. The Balaban J connectivity index is 2.37. The molecule has 1 aromatic carbocycles. The van der Waals surface area contributed by atoms with Gasteiger partial charge < -0.3 is 15.0 Å². The largest absolute Gasteiger partial charge is 0.394 e. The fourth-order valence-corrected chi connectivity index (χ4v) is 1.92. The maximum atomic E-state index is 12.2. The number of hydrogen-bond acceptors (Lipinski definition) is 2. The molecule has 2 N–H and O–H groups in total. The minimum atomic E-state index is -0.618. The number of aryl methyl sites for hydroxylation is 1. The van der Waals surface area contributed by atoms with Crippen LogP contribution < -0.4 is 5.32 Å². The summed E-state index contributed by atoms with van der Waals surface area (Å²) in [6, 6.07) is 9.70. The monoisotopic (exact) mass is 246 g/mol. The zero-order valence-electron chi connectivity index (χ0n) is 10.9. The number of aliphatic hydroxyl groups excluding tert-OH is 1. The summed E-state index contributed by atoms with van der Waals surface area (Å²) < 4.78 is 1.86. The summed E-state index contributed by atoms with van der Waals surface area (Å²) in [7, 11) is 1.86. The number of nitrogens with one attached hydrogen (secondary N) is 1. The number of para-hydroxylation sites is 1. The van der Waals surface area contributed by atoms with Crippen LogP contribution in [0.3, 0.4) is 0 Å². The van der Waals surface area contributed by atoms with Crippen molar-refractivity contribution in [3.8, 4) is 0 Å². The standard InChI is InChI=1S/C14H18N2O2/c1-14(2,9-17)15-13(18)12-8-10-6-4-5-7-11(10)16(12)3/h4-8,17H,9H2,1-3H3,(H,15,18). The molecule has 0 saturated carbocycles. The molecule has 0 spiro atoms. The molecule has 1 amide bonds. The van der Waals surface area contributed by atoms with Gasteiger partial charge in [0.15, 0.2) is 0 Å². The summed E-state index contributed by atoms with van der Waals surface area (Å²) in [5, 5.41) is 13.0. The Bertz CT molecular complexity index is 584. The van der Waals surface area contributed by atoms with Crippen LogP contribution in [-0.2, 0) is 7.05 Å². The van der Waals surface area contributed by atoms with Crippen molar-refractivity contribution in [2.24, 2.45) is 7.05 Å². The van der Waals surface area contributed by atoms with E-state index in [4.69, 9.17) is 0 Å². The van der Waals surface area contributed by atoms with E-state index < -0.39 is 5.54 Å². The zero-order chi connectivity index (χ0) is 13.3. The van der Waals surface area contributed by atoms with E-state index in [1.165, 1.54) is 0 Å². The first-order valence-corrected chi connectivity index (χ1v) is 5.92. The van der Waals surface area contributed by atoms with Crippen LogP contribution in [0.25, 0.3) is 10.9 Å². The lowest BCUT2D eigenvalue weighted by Crippen LogP contribution is -2.46. The number of fused-ring (bicyclic) bond motifs is 1. The predicted octanol–water partition coefficient (Wildman–Crippen LogP) is 1.68. The Morgan fingerprint density at radius 1 is 1.39 bits per heavy atom. The van der Waals surface area contributed by atoms with Gasteiger partial charge in [-0.3, -0.25) is 4.79 Å². The third-order valence-electron chi connectivity index (χ3n) is 3.03. The van der Waals surface area contributed by atoms with E-state index in [2.05, 4.69) is 5.32 Å². The van der Waals surface area contributed by atoms with Crippen LogP contribution in [0.1, 0.15) is 24.3 Å². The van der Waals surface area contributed by atoms with Crippen LogP contribution in [0.5, 0.6) is 0 Å². The molecule has 4 heteroatoms. The quantitative estimate of drug-likeness (QED) is 0.865. The number of rotatable bonds is 3. The second kappa shape index (κ2) is 4.46. The SMILES string of the molecule is Cn1c(C(=O)NC(C)(C)CO)cc2ccccc21. The molecule has 0 fully saturated rings. The normalized spacial score (nSPS) is 11.8. The minimum Gasteiger partial charge on any atom is -0.394 e. The second-order valence-corrected chi connectivity index (χ2v) is 5.14. The molecule has 1 heterocycles. The van der Waals surface area contributed by atoms with Gasteiger partial charge in [-0.1, -0.05) is 18.2 Å². The van der Waals surface area contributed by atoms with E-state index in [0.29, 0.717) is 5.69 Å². The van der Waals surface area contributed by atoms with Crippen LogP contribution in [-0.4, -0.2) is 27.7 Å². The molecule has 0 atom stereocenters. The summed E-state index contributed by atoms with van der Waals surface area (Å²) in [6.45, 7) is 3.48. The smallest absolute Gasteiger partial charge is 0.268 e. The number of amides is 1. The van der Waals surface area contributed by atoms with E-state index in [1.807, 2.05) is 41.9 Å². The number of carbonyl (C=O) groups excluding carboxylic acids is 1. The van der Waals surface area contributed by atoms with Crippen molar-refractivity contribution in [3.05, 3.63) is 36.0 Å². The molecular formula is C14H18N2O2. The summed E-state index contributed by atoms with van der Waals surface area (Å²) in [5.74, 6) is -0.173. The highest BCUT2D eigenvalue weighted by atomic mass is 16.3. The highest BCUT2D eigenvalue weighted by Gasteiger charge is 2.22. The van der Waals surface area contributed by atoms with Gasteiger partial charge in [0, 0.05) is 18.0 Å². The predicted molar refractivity (Wildman–Crippen MR) is 71.6 cm³/mol. The van der Waals surface area contributed by atoms with Crippen molar-refractivity contribution in [2.75, 3.05) is 6.61 Å². The molecule has 0 aliphatic rings. The van der Waals surface area contributed by atoms with Gasteiger partial charge in [0.2, 0.25) is 0 Å². The molecule has 0 aliphatic heterocycles. The number of carbonyl (C=O) groups is 1. The topological polar surface area (TPSA) is 54.3 Å². The molecule has 0 saturated heterocycles. The minimum absolute atomic E-state index is 0.0946. The third-order valence-corrected chi connectivity index (χ3v) is 3.03. The van der Waals surface area contributed by atoms with Crippen molar-refractivity contribution >= 4 is 16.8 Å². The summed E-state index contributed by atoms with van der Waals surface area (Å²) in [6.07, 6.45) is 0. The van der Waals surface area contributed by atoms with Crippen molar-refractivity contribution in [3.63, 3.8) is 0 Å². The number of aliphatic hydroxyl groups is 1. The summed E-state index contributed by atoms with van der Waals surface area (Å²) >= 11 is 0. The number of benzene rings is 1. The van der Waals surface area contributed by atoms with Gasteiger partial charge in [0.1, 0.15) is 5.69 Å². The zero-order valence-corrected chi connectivity index (χ0v) is 10.9. The second-order valence-electron chi connectivity index (χ2n) is 5.14. The van der Waals surface area contributed by atoms with Crippen LogP contribution in [0.2, 0.25) is 0 Å². The molecule has 0 aliphatic carbocycles. The van der Waals surface area contributed by atoms with E-state index in [0.717, 1.165) is 10.9 Å². The number of nitrogens with zero attached hydrogens (tertiary/aromatic N) is 1. The molecule has 2 aromatic rings. The van der Waals surface area contributed by atoms with Crippen LogP contribution in [0.4, 0.5) is 0 Å². The first kappa shape index (κ1) is 12.6. The Morgan fingerprint density at radius 2 is 2.06 bits per heavy atom. The van der Waals surface area contributed by atoms with Gasteiger partial charge >= 0.3 is 0 Å². The Hall–Kier alpha value is -1.81. The van der Waals surface area contributed by atoms with Gasteiger partial charge in [-0.05, 0) is 26.0 Å². The van der Waals surface area contributed by atoms with Gasteiger partial charge in [-0.15, -0.1) is 0 Å². The summed E-state index contributed by atoms with van der Waals surface area (Å²) in [4.78, 5) is 12.2. The Morgan fingerprint density at radius 3 is 2.67 bits per heavy atom. The van der Waals surface area contributed by atoms with E-state index in [1.54, 1.807) is 13.8 Å². The lowest BCUT2D eigenvalue weighted by molar-refractivity contribution is 0.0861. The maximum absolute atomic E-state index is 12.2. The highest BCUT2D eigenvalue weighted by molar-refractivity contribution is 5.99. The average molecular weight is 246 g/mol. The molecule has 1 aromatic heterocycles. The molecule has 0 radical (unpaired) electrons. The van der Waals surface area contributed by atoms with E-state index >= 15 is 0 Å². The number of aromatic nitrogens is 1. The van der Waals surface area contributed by atoms with Crippen LogP contribution in [0.15, 0.2) is 30.3 Å². The molecule has 0 bridgehead atoms. The lowest BCUT2D eigenvalue weighted by atomic mass is 10.1. The van der Waals surface area contributed by atoms with Crippen molar-refractivity contribution in [2.45, 2.75) is 19.4 Å². The molecule has 2 rings (SSSR count). The average Bonchev–Trinajstić information content (AvgIpc) is 2.67. The van der Waals surface area contributed by atoms with E-state index in [9.17, 15) is 9.90 Å². The highest BCUT2D eigenvalue weighted by Crippen LogP contribution is 2.18. The molecular weight excluding hydrogens is 228 g/mol. The molecule has 4 nitrogen and oxygen atoms in total. The number of hydrogen-bond donors (Lipinski definition) is 2. The fourth-order valence-electron chi connectivity index (χ4n) is 1.92.